The summed E-state index contributed by atoms with van der Waals surface area (Å²) in [6, 6.07) is 10.2. The first-order valence-corrected chi connectivity index (χ1v) is 6.41. The van der Waals surface area contributed by atoms with Gasteiger partial charge in [-0.25, -0.2) is 9.18 Å². The van der Waals surface area contributed by atoms with Crippen LogP contribution in [0.15, 0.2) is 36.4 Å². The number of carbonyl (C=O) groups excluding carboxylic acids is 1. The maximum atomic E-state index is 14.2. The van der Waals surface area contributed by atoms with Crippen molar-refractivity contribution in [3.63, 3.8) is 0 Å². The molecule has 0 aliphatic carbocycles. The second-order valence-corrected chi connectivity index (χ2v) is 4.78. The van der Waals surface area contributed by atoms with E-state index < -0.39 is 11.8 Å². The van der Waals surface area contributed by atoms with Gasteiger partial charge in [0.2, 0.25) is 0 Å². The molecule has 21 heavy (non-hydrogen) atoms. The van der Waals surface area contributed by atoms with Gasteiger partial charge in [0.25, 0.3) is 0 Å². The number of esters is 1. The third kappa shape index (κ3) is 2.97. The second-order valence-electron chi connectivity index (χ2n) is 4.78. The molecule has 0 fully saturated rings. The van der Waals surface area contributed by atoms with Crippen LogP contribution in [0.25, 0.3) is 0 Å². The highest BCUT2D eigenvalue weighted by Gasteiger charge is 2.17. The van der Waals surface area contributed by atoms with E-state index in [4.69, 9.17) is 5.73 Å². The number of anilines is 3. The molecule has 4 nitrogen and oxygen atoms in total. The normalized spacial score (nSPS) is 10.3. The van der Waals surface area contributed by atoms with E-state index in [0.717, 1.165) is 17.3 Å². The van der Waals surface area contributed by atoms with Crippen molar-refractivity contribution in [1.29, 1.82) is 0 Å². The third-order valence-corrected chi connectivity index (χ3v) is 3.27. The van der Waals surface area contributed by atoms with E-state index in [1.54, 1.807) is 11.9 Å². The van der Waals surface area contributed by atoms with Gasteiger partial charge in [0, 0.05) is 18.4 Å². The number of carbonyl (C=O) groups is 1. The molecule has 2 rings (SSSR count). The molecule has 0 aliphatic heterocycles. The smallest absolute Gasteiger partial charge is 0.340 e. The Balaban J connectivity index is 2.50. The first-order valence-electron chi connectivity index (χ1n) is 6.41. The van der Waals surface area contributed by atoms with Crippen LogP contribution in [0.5, 0.6) is 0 Å². The van der Waals surface area contributed by atoms with Gasteiger partial charge in [-0.05, 0) is 36.8 Å². The van der Waals surface area contributed by atoms with Gasteiger partial charge in [0.15, 0.2) is 0 Å². The zero-order valence-corrected chi connectivity index (χ0v) is 12.2. The third-order valence-electron chi connectivity index (χ3n) is 3.27. The Morgan fingerprint density at radius 1 is 1.29 bits per heavy atom. The molecule has 0 amide bonds. The number of hydrogen-bond acceptors (Lipinski definition) is 4. The molecule has 0 aromatic heterocycles. The fraction of sp³-hybridized carbons (Fsp3) is 0.188. The number of hydrogen-bond donors (Lipinski definition) is 1. The van der Waals surface area contributed by atoms with Crippen LogP contribution < -0.4 is 10.6 Å². The van der Waals surface area contributed by atoms with Crippen molar-refractivity contribution in [2.45, 2.75) is 6.92 Å². The molecule has 110 valence electrons. The van der Waals surface area contributed by atoms with Gasteiger partial charge in [-0.15, -0.1) is 0 Å². The Bertz CT molecular complexity index is 686. The Kier molecular flexibility index (Phi) is 4.12. The second kappa shape index (κ2) is 5.83. The highest BCUT2D eigenvalue weighted by atomic mass is 19.1. The largest absolute Gasteiger partial charge is 0.465 e. The lowest BCUT2D eigenvalue weighted by atomic mass is 10.1. The average Bonchev–Trinajstić information content (AvgIpc) is 2.46. The minimum atomic E-state index is -0.591. The number of benzene rings is 2. The number of nitrogen functional groups attached to an aromatic ring is 1. The molecule has 2 aromatic rings. The Morgan fingerprint density at radius 3 is 2.62 bits per heavy atom. The van der Waals surface area contributed by atoms with Gasteiger partial charge in [-0.1, -0.05) is 12.1 Å². The zero-order valence-electron chi connectivity index (χ0n) is 12.2. The average molecular weight is 288 g/mol. The lowest BCUT2D eigenvalue weighted by Crippen LogP contribution is -2.14. The van der Waals surface area contributed by atoms with Crippen LogP contribution in [-0.2, 0) is 4.74 Å². The number of ether oxygens (including phenoxy) is 1. The van der Waals surface area contributed by atoms with E-state index in [1.807, 2.05) is 31.2 Å². The van der Waals surface area contributed by atoms with Crippen molar-refractivity contribution >= 4 is 23.0 Å². The van der Waals surface area contributed by atoms with Crippen LogP contribution in [0.1, 0.15) is 15.9 Å². The molecule has 0 heterocycles. The summed E-state index contributed by atoms with van der Waals surface area (Å²) in [5.41, 5.74) is 8.01. The summed E-state index contributed by atoms with van der Waals surface area (Å²) in [4.78, 5) is 13.3. The molecule has 0 radical (unpaired) electrons. The molecular formula is C16H17FN2O2. The first kappa shape index (κ1) is 14.8. The minimum Gasteiger partial charge on any atom is -0.465 e. The van der Waals surface area contributed by atoms with Gasteiger partial charge >= 0.3 is 5.97 Å². The molecule has 0 bridgehead atoms. The molecule has 0 saturated carbocycles. The van der Waals surface area contributed by atoms with E-state index in [9.17, 15) is 9.18 Å². The lowest BCUT2D eigenvalue weighted by molar-refractivity contribution is 0.0602. The van der Waals surface area contributed by atoms with Gasteiger partial charge in [0.05, 0.1) is 18.4 Å². The summed E-state index contributed by atoms with van der Waals surface area (Å²) < 4.78 is 18.8. The quantitative estimate of drug-likeness (QED) is 0.695. The van der Waals surface area contributed by atoms with Crippen molar-refractivity contribution in [3.05, 3.63) is 53.3 Å². The summed E-state index contributed by atoms with van der Waals surface area (Å²) in [6.07, 6.45) is 0. The van der Waals surface area contributed by atoms with Crippen molar-refractivity contribution in [2.75, 3.05) is 24.8 Å². The number of halogens is 1. The Labute approximate surface area is 122 Å². The fourth-order valence-electron chi connectivity index (χ4n) is 2.10. The van der Waals surface area contributed by atoms with Crippen LogP contribution in [-0.4, -0.2) is 20.1 Å². The van der Waals surface area contributed by atoms with Gasteiger partial charge in [0.1, 0.15) is 5.82 Å². The van der Waals surface area contributed by atoms with Crippen LogP contribution in [0.2, 0.25) is 0 Å². The minimum absolute atomic E-state index is 0.0562. The number of methoxy groups -OCH3 is 1. The summed E-state index contributed by atoms with van der Waals surface area (Å²) in [7, 11) is 2.99. The Hall–Kier alpha value is -2.56. The molecular weight excluding hydrogens is 271 g/mol. The molecule has 5 heteroatoms. The van der Waals surface area contributed by atoms with Gasteiger partial charge in [-0.3, -0.25) is 0 Å². The Morgan fingerprint density at radius 2 is 2.00 bits per heavy atom. The van der Waals surface area contributed by atoms with Crippen LogP contribution in [0, 0.1) is 12.7 Å². The van der Waals surface area contributed by atoms with Crippen LogP contribution in [0.3, 0.4) is 0 Å². The van der Waals surface area contributed by atoms with E-state index in [2.05, 4.69) is 4.74 Å². The summed E-state index contributed by atoms with van der Waals surface area (Å²) >= 11 is 0. The van der Waals surface area contributed by atoms with E-state index in [1.165, 1.54) is 13.2 Å². The first-order chi connectivity index (χ1) is 9.93. The number of nitrogens with zero attached hydrogens (tertiary/aromatic N) is 1. The summed E-state index contributed by atoms with van der Waals surface area (Å²) in [6.45, 7) is 1.95. The fourth-order valence-corrected chi connectivity index (χ4v) is 2.10. The zero-order chi connectivity index (χ0) is 15.6. The SMILES string of the molecule is COC(=O)c1cc(N(C)c2cccc(C)c2)c(F)cc1N. The molecule has 0 saturated heterocycles. The number of nitrogens with two attached hydrogens (primary N) is 1. The maximum absolute atomic E-state index is 14.2. The molecule has 0 unspecified atom stereocenters. The van der Waals surface area contributed by atoms with Crippen molar-refractivity contribution < 1.29 is 13.9 Å². The highest BCUT2D eigenvalue weighted by molar-refractivity contribution is 5.96. The molecule has 2 N–H and O–H groups in total. The summed E-state index contributed by atoms with van der Waals surface area (Å²) in [5, 5.41) is 0. The van der Waals surface area contributed by atoms with Crippen LogP contribution >= 0.6 is 0 Å². The lowest BCUT2D eigenvalue weighted by Gasteiger charge is -2.21. The number of rotatable bonds is 3. The predicted molar refractivity (Wildman–Crippen MR) is 81.4 cm³/mol. The van der Waals surface area contributed by atoms with E-state index >= 15 is 0 Å². The van der Waals surface area contributed by atoms with E-state index in [0.29, 0.717) is 0 Å². The molecule has 0 atom stereocenters. The van der Waals surface area contributed by atoms with Crippen molar-refractivity contribution in [1.82, 2.24) is 0 Å². The predicted octanol–water partition coefficient (Wildman–Crippen LogP) is 3.27. The summed E-state index contributed by atoms with van der Waals surface area (Å²) in [5.74, 6) is -1.09. The van der Waals surface area contributed by atoms with Crippen molar-refractivity contribution in [2.24, 2.45) is 0 Å². The number of aryl methyl sites for hydroxylation is 1. The van der Waals surface area contributed by atoms with Crippen molar-refractivity contribution in [3.8, 4) is 0 Å². The van der Waals surface area contributed by atoms with Crippen LogP contribution in [0.4, 0.5) is 21.5 Å². The monoisotopic (exact) mass is 288 g/mol. The molecule has 0 spiro atoms. The standard InChI is InChI=1S/C16H17FN2O2/c1-10-5-4-6-11(7-10)19(2)15-8-12(16(20)21-3)14(18)9-13(15)17/h4-9H,18H2,1-3H3. The molecule has 2 aromatic carbocycles. The molecule has 0 aliphatic rings. The topological polar surface area (TPSA) is 55.6 Å². The van der Waals surface area contributed by atoms with Gasteiger partial charge in [-0.2, -0.15) is 0 Å². The van der Waals surface area contributed by atoms with Gasteiger partial charge < -0.3 is 15.4 Å². The highest BCUT2D eigenvalue weighted by Crippen LogP contribution is 2.30. The van der Waals surface area contributed by atoms with E-state index in [-0.39, 0.29) is 16.9 Å². The maximum Gasteiger partial charge on any atom is 0.340 e.